The molecule has 3 nitrogen and oxygen atoms in total. The standard InChI is InChI=1S/C15H11F2NO2S/c16-9-1-2-10(12(17)7-9)13(19)8-18-5-3-14-11(15(18)20)4-6-21-14/h1-7,13,19H,8H2/t13-/m1/s1. The molecule has 0 amide bonds. The van der Waals surface area contributed by atoms with Gasteiger partial charge in [0.05, 0.1) is 18.0 Å². The van der Waals surface area contributed by atoms with E-state index in [2.05, 4.69) is 0 Å². The lowest BCUT2D eigenvalue weighted by Gasteiger charge is -2.14. The van der Waals surface area contributed by atoms with E-state index < -0.39 is 17.7 Å². The molecule has 0 bridgehead atoms. The Morgan fingerprint density at radius 3 is 2.81 bits per heavy atom. The first-order chi connectivity index (χ1) is 10.1. The predicted octanol–water partition coefficient (Wildman–Crippen LogP) is 3.07. The molecule has 0 aliphatic carbocycles. The summed E-state index contributed by atoms with van der Waals surface area (Å²) in [5.74, 6) is -1.53. The van der Waals surface area contributed by atoms with Crippen LogP contribution in [0.25, 0.3) is 10.1 Å². The second-order valence-electron chi connectivity index (χ2n) is 4.65. The highest BCUT2D eigenvalue weighted by Gasteiger charge is 2.15. The number of benzene rings is 1. The van der Waals surface area contributed by atoms with Crippen LogP contribution >= 0.6 is 11.3 Å². The minimum atomic E-state index is -1.22. The zero-order chi connectivity index (χ0) is 15.0. The average molecular weight is 307 g/mol. The summed E-state index contributed by atoms with van der Waals surface area (Å²) in [5.41, 5.74) is -0.274. The molecule has 0 saturated heterocycles. The molecule has 108 valence electrons. The average Bonchev–Trinajstić information content (AvgIpc) is 2.91. The lowest BCUT2D eigenvalue weighted by Crippen LogP contribution is -2.22. The van der Waals surface area contributed by atoms with Gasteiger partial charge in [-0.05, 0) is 23.6 Å². The zero-order valence-corrected chi connectivity index (χ0v) is 11.6. The number of pyridine rings is 1. The van der Waals surface area contributed by atoms with Crippen molar-refractivity contribution < 1.29 is 13.9 Å². The minimum Gasteiger partial charge on any atom is -0.386 e. The molecule has 1 aromatic carbocycles. The number of aromatic nitrogens is 1. The number of thiophene rings is 1. The van der Waals surface area contributed by atoms with E-state index in [-0.39, 0.29) is 17.7 Å². The monoisotopic (exact) mass is 307 g/mol. The highest BCUT2D eigenvalue weighted by molar-refractivity contribution is 7.17. The molecule has 1 atom stereocenters. The van der Waals surface area contributed by atoms with E-state index in [9.17, 15) is 18.7 Å². The Bertz CT molecular complexity index is 856. The number of halogens is 2. The lowest BCUT2D eigenvalue weighted by atomic mass is 10.1. The van der Waals surface area contributed by atoms with Gasteiger partial charge in [0.15, 0.2) is 0 Å². The van der Waals surface area contributed by atoms with Crippen molar-refractivity contribution in [2.45, 2.75) is 12.6 Å². The van der Waals surface area contributed by atoms with Gasteiger partial charge in [-0.15, -0.1) is 11.3 Å². The first-order valence-electron chi connectivity index (χ1n) is 6.26. The number of aliphatic hydroxyl groups excluding tert-OH is 1. The maximum Gasteiger partial charge on any atom is 0.259 e. The molecule has 0 aliphatic heterocycles. The maximum absolute atomic E-state index is 13.6. The van der Waals surface area contributed by atoms with Crippen LogP contribution in [0.2, 0.25) is 0 Å². The smallest absolute Gasteiger partial charge is 0.259 e. The highest BCUT2D eigenvalue weighted by atomic mass is 32.1. The van der Waals surface area contributed by atoms with Crippen molar-refractivity contribution in [3.05, 3.63) is 69.5 Å². The molecule has 0 aliphatic rings. The first-order valence-corrected chi connectivity index (χ1v) is 7.14. The fraction of sp³-hybridized carbons (Fsp3) is 0.133. The third kappa shape index (κ3) is 2.59. The molecular weight excluding hydrogens is 296 g/mol. The molecule has 2 aromatic heterocycles. The van der Waals surface area contributed by atoms with Gasteiger partial charge in [-0.1, -0.05) is 6.07 Å². The highest BCUT2D eigenvalue weighted by Crippen LogP contribution is 2.21. The van der Waals surface area contributed by atoms with E-state index in [1.807, 2.05) is 5.38 Å². The molecule has 3 aromatic rings. The molecule has 0 fully saturated rings. The van der Waals surface area contributed by atoms with E-state index in [4.69, 9.17) is 0 Å². The first kappa shape index (κ1) is 13.9. The summed E-state index contributed by atoms with van der Waals surface area (Å²) in [7, 11) is 0. The van der Waals surface area contributed by atoms with E-state index in [0.29, 0.717) is 11.5 Å². The van der Waals surface area contributed by atoms with E-state index >= 15 is 0 Å². The van der Waals surface area contributed by atoms with Gasteiger partial charge in [-0.2, -0.15) is 0 Å². The summed E-state index contributed by atoms with van der Waals surface area (Å²) in [5, 5.41) is 12.4. The summed E-state index contributed by atoms with van der Waals surface area (Å²) in [6, 6.07) is 6.46. The zero-order valence-electron chi connectivity index (χ0n) is 10.8. The third-order valence-electron chi connectivity index (χ3n) is 3.28. The molecule has 21 heavy (non-hydrogen) atoms. The molecule has 3 rings (SSSR count). The number of hydrogen-bond acceptors (Lipinski definition) is 3. The van der Waals surface area contributed by atoms with Gasteiger partial charge in [-0.3, -0.25) is 4.79 Å². The Morgan fingerprint density at radius 1 is 1.24 bits per heavy atom. The molecule has 0 unspecified atom stereocenters. The number of aliphatic hydroxyl groups is 1. The van der Waals surface area contributed by atoms with Gasteiger partial charge in [0.2, 0.25) is 0 Å². The van der Waals surface area contributed by atoms with Crippen molar-refractivity contribution in [2.75, 3.05) is 0 Å². The minimum absolute atomic E-state index is 0.0336. The topological polar surface area (TPSA) is 42.2 Å². The maximum atomic E-state index is 13.6. The molecule has 0 radical (unpaired) electrons. The van der Waals surface area contributed by atoms with Gasteiger partial charge in [0.1, 0.15) is 11.6 Å². The van der Waals surface area contributed by atoms with Crippen LogP contribution in [0.5, 0.6) is 0 Å². The Hall–Kier alpha value is -2.05. The number of fused-ring (bicyclic) bond motifs is 1. The predicted molar refractivity (Wildman–Crippen MR) is 77.4 cm³/mol. The van der Waals surface area contributed by atoms with Crippen LogP contribution < -0.4 is 5.56 Å². The van der Waals surface area contributed by atoms with Crippen LogP contribution in [0.3, 0.4) is 0 Å². The van der Waals surface area contributed by atoms with Crippen LogP contribution in [-0.2, 0) is 6.54 Å². The molecule has 0 spiro atoms. The molecule has 1 N–H and O–H groups in total. The summed E-state index contributed by atoms with van der Waals surface area (Å²) in [6.07, 6.45) is 0.339. The van der Waals surface area contributed by atoms with E-state index in [1.54, 1.807) is 18.3 Å². The summed E-state index contributed by atoms with van der Waals surface area (Å²) < 4.78 is 28.7. The van der Waals surface area contributed by atoms with Crippen LogP contribution in [0.4, 0.5) is 8.78 Å². The number of hydrogen-bond donors (Lipinski definition) is 1. The van der Waals surface area contributed by atoms with Crippen molar-refractivity contribution in [1.29, 1.82) is 0 Å². The van der Waals surface area contributed by atoms with E-state index in [1.165, 1.54) is 22.0 Å². The number of nitrogens with zero attached hydrogens (tertiary/aromatic N) is 1. The van der Waals surface area contributed by atoms with Crippen LogP contribution in [0, 0.1) is 11.6 Å². The Labute approximate surface area is 122 Å². The van der Waals surface area contributed by atoms with Gasteiger partial charge in [0, 0.05) is 22.5 Å². The SMILES string of the molecule is O=c1c2ccsc2ccn1C[C@@H](O)c1ccc(F)cc1F. The van der Waals surface area contributed by atoms with Crippen molar-refractivity contribution in [3.63, 3.8) is 0 Å². The Balaban J connectivity index is 1.94. The van der Waals surface area contributed by atoms with Crippen molar-refractivity contribution in [3.8, 4) is 0 Å². The number of rotatable bonds is 3. The van der Waals surface area contributed by atoms with Crippen molar-refractivity contribution in [2.24, 2.45) is 0 Å². The van der Waals surface area contributed by atoms with Crippen LogP contribution in [0.15, 0.2) is 46.7 Å². The van der Waals surface area contributed by atoms with Crippen molar-refractivity contribution >= 4 is 21.4 Å². The van der Waals surface area contributed by atoms with Gasteiger partial charge >= 0.3 is 0 Å². The van der Waals surface area contributed by atoms with Crippen LogP contribution in [-0.4, -0.2) is 9.67 Å². The third-order valence-corrected chi connectivity index (χ3v) is 4.17. The summed E-state index contributed by atoms with van der Waals surface area (Å²) in [6.45, 7) is -0.0901. The largest absolute Gasteiger partial charge is 0.386 e. The fourth-order valence-electron chi connectivity index (χ4n) is 2.21. The summed E-state index contributed by atoms with van der Waals surface area (Å²) >= 11 is 1.45. The van der Waals surface area contributed by atoms with Crippen molar-refractivity contribution in [1.82, 2.24) is 4.57 Å². The van der Waals surface area contributed by atoms with Gasteiger partial charge < -0.3 is 9.67 Å². The molecular formula is C15H11F2NO2S. The molecule has 6 heteroatoms. The second-order valence-corrected chi connectivity index (χ2v) is 5.60. The van der Waals surface area contributed by atoms with Gasteiger partial charge in [0.25, 0.3) is 5.56 Å². The lowest BCUT2D eigenvalue weighted by molar-refractivity contribution is 0.151. The van der Waals surface area contributed by atoms with Crippen LogP contribution in [0.1, 0.15) is 11.7 Å². The van der Waals surface area contributed by atoms with E-state index in [0.717, 1.165) is 10.8 Å². The van der Waals surface area contributed by atoms with Gasteiger partial charge in [-0.25, -0.2) is 8.78 Å². The summed E-state index contributed by atoms with van der Waals surface area (Å²) in [4.78, 5) is 12.2. The second kappa shape index (κ2) is 5.38. The fourth-order valence-corrected chi connectivity index (χ4v) is 2.98. The normalized spacial score (nSPS) is 12.7. The molecule has 0 saturated carbocycles. The Kier molecular flexibility index (Phi) is 3.57. The Morgan fingerprint density at radius 2 is 2.05 bits per heavy atom. The quantitative estimate of drug-likeness (QED) is 0.808. The molecule has 2 heterocycles.